The van der Waals surface area contributed by atoms with Crippen molar-refractivity contribution in [2.24, 2.45) is 5.73 Å². The second-order valence-corrected chi connectivity index (χ2v) is 5.04. The smallest absolute Gasteiger partial charge is 0.144 e. The predicted molar refractivity (Wildman–Crippen MR) is 93.1 cm³/mol. The lowest BCUT2D eigenvalue weighted by Gasteiger charge is -2.12. The van der Waals surface area contributed by atoms with Crippen molar-refractivity contribution in [2.75, 3.05) is 0 Å². The summed E-state index contributed by atoms with van der Waals surface area (Å²) in [5.41, 5.74) is 8.02. The third kappa shape index (κ3) is 3.06. The molecule has 3 rings (SSSR count). The minimum atomic E-state index is -0.465. The van der Waals surface area contributed by atoms with Gasteiger partial charge in [-0.15, -0.1) is 24.8 Å². The molecular formula is C15H15Cl3FN3. The molecule has 0 saturated carbocycles. The molecule has 0 aliphatic carbocycles. The molecule has 0 saturated heterocycles. The van der Waals surface area contributed by atoms with Crippen LogP contribution in [0.2, 0.25) is 5.02 Å². The summed E-state index contributed by atoms with van der Waals surface area (Å²) in [6.45, 7) is 1.84. The van der Waals surface area contributed by atoms with Crippen LogP contribution in [-0.4, -0.2) is 9.55 Å². The van der Waals surface area contributed by atoms with E-state index >= 15 is 0 Å². The van der Waals surface area contributed by atoms with E-state index in [4.69, 9.17) is 17.3 Å². The Morgan fingerprint density at radius 3 is 2.36 bits per heavy atom. The summed E-state index contributed by atoms with van der Waals surface area (Å²) in [4.78, 5) is 4.48. The fourth-order valence-corrected chi connectivity index (χ4v) is 2.51. The van der Waals surface area contributed by atoms with E-state index in [2.05, 4.69) is 4.98 Å². The van der Waals surface area contributed by atoms with E-state index < -0.39 is 5.82 Å². The molecule has 0 radical (unpaired) electrons. The fraction of sp³-hybridized carbons (Fsp3) is 0.133. The van der Waals surface area contributed by atoms with Gasteiger partial charge in [-0.3, -0.25) is 4.57 Å². The maximum atomic E-state index is 13.8. The maximum Gasteiger partial charge on any atom is 0.144 e. The molecule has 0 amide bonds. The minimum absolute atomic E-state index is 0. The molecule has 3 aromatic rings. The lowest BCUT2D eigenvalue weighted by Crippen LogP contribution is -2.12. The van der Waals surface area contributed by atoms with Gasteiger partial charge in [0.25, 0.3) is 0 Å². The monoisotopic (exact) mass is 361 g/mol. The van der Waals surface area contributed by atoms with Gasteiger partial charge in [-0.1, -0.05) is 29.8 Å². The molecule has 3 nitrogen and oxygen atoms in total. The Morgan fingerprint density at radius 1 is 1.14 bits per heavy atom. The van der Waals surface area contributed by atoms with E-state index in [1.54, 1.807) is 6.07 Å². The largest absolute Gasteiger partial charge is 0.322 e. The van der Waals surface area contributed by atoms with Crippen molar-refractivity contribution in [3.05, 3.63) is 59.1 Å². The van der Waals surface area contributed by atoms with Crippen LogP contribution in [0.4, 0.5) is 4.39 Å². The highest BCUT2D eigenvalue weighted by Gasteiger charge is 2.19. The molecule has 0 fully saturated rings. The van der Waals surface area contributed by atoms with Gasteiger partial charge < -0.3 is 5.73 Å². The number of aromatic nitrogens is 2. The van der Waals surface area contributed by atoms with Crippen molar-refractivity contribution in [3.63, 3.8) is 0 Å². The summed E-state index contributed by atoms with van der Waals surface area (Å²) in [5, 5.41) is 0.0609. The standard InChI is InChI=1S/C15H13ClFN3.2ClH/c1-9(18)15-19-12-8-7-11(17)13(16)14(12)20(15)10-5-3-2-4-6-10;;/h2-9H,18H2,1H3;2*1H/t9-;;/m0../s1. The Morgan fingerprint density at radius 2 is 1.77 bits per heavy atom. The van der Waals surface area contributed by atoms with E-state index in [1.165, 1.54) is 6.07 Å². The van der Waals surface area contributed by atoms with Gasteiger partial charge in [0.05, 0.1) is 17.1 Å². The number of hydrogen-bond donors (Lipinski definition) is 1. The van der Waals surface area contributed by atoms with Crippen LogP contribution < -0.4 is 5.73 Å². The van der Waals surface area contributed by atoms with Crippen molar-refractivity contribution >= 4 is 47.4 Å². The summed E-state index contributed by atoms with van der Waals surface area (Å²) in [7, 11) is 0. The zero-order chi connectivity index (χ0) is 14.3. The van der Waals surface area contributed by atoms with Crippen molar-refractivity contribution in [1.29, 1.82) is 0 Å². The molecule has 1 atom stereocenters. The van der Waals surface area contributed by atoms with Gasteiger partial charge in [-0.25, -0.2) is 9.37 Å². The molecule has 0 bridgehead atoms. The minimum Gasteiger partial charge on any atom is -0.322 e. The molecule has 0 aliphatic rings. The highest BCUT2D eigenvalue weighted by Crippen LogP contribution is 2.31. The number of para-hydroxylation sites is 1. The van der Waals surface area contributed by atoms with E-state index in [9.17, 15) is 4.39 Å². The van der Waals surface area contributed by atoms with Crippen LogP contribution >= 0.6 is 36.4 Å². The van der Waals surface area contributed by atoms with Crippen LogP contribution in [0, 0.1) is 5.82 Å². The summed E-state index contributed by atoms with van der Waals surface area (Å²) >= 11 is 6.12. The normalized spacial score (nSPS) is 11.6. The molecular weight excluding hydrogens is 348 g/mol. The number of nitrogens with zero attached hydrogens (tertiary/aromatic N) is 2. The number of hydrogen-bond acceptors (Lipinski definition) is 2. The number of fused-ring (bicyclic) bond motifs is 1. The maximum absolute atomic E-state index is 13.8. The average molecular weight is 363 g/mol. The second kappa shape index (κ2) is 7.29. The second-order valence-electron chi connectivity index (χ2n) is 4.66. The summed E-state index contributed by atoms with van der Waals surface area (Å²) < 4.78 is 15.6. The molecule has 2 aromatic carbocycles. The molecule has 0 unspecified atom stereocenters. The van der Waals surface area contributed by atoms with Crippen molar-refractivity contribution in [3.8, 4) is 5.69 Å². The highest BCUT2D eigenvalue weighted by atomic mass is 35.5. The van der Waals surface area contributed by atoms with E-state index in [0.29, 0.717) is 16.9 Å². The number of benzene rings is 2. The summed E-state index contributed by atoms with van der Waals surface area (Å²) in [5.74, 6) is 0.186. The van der Waals surface area contributed by atoms with Crippen LogP contribution in [0.15, 0.2) is 42.5 Å². The first kappa shape index (κ1) is 18.7. The van der Waals surface area contributed by atoms with Gasteiger partial charge >= 0.3 is 0 Å². The van der Waals surface area contributed by atoms with Crippen molar-refractivity contribution in [1.82, 2.24) is 9.55 Å². The van der Waals surface area contributed by atoms with Gasteiger partial charge in [0.15, 0.2) is 0 Å². The van der Waals surface area contributed by atoms with Crippen LogP contribution in [-0.2, 0) is 0 Å². The van der Waals surface area contributed by atoms with Crippen LogP contribution in [0.5, 0.6) is 0 Å². The lowest BCUT2D eigenvalue weighted by molar-refractivity contribution is 0.629. The number of halogens is 4. The number of nitrogens with two attached hydrogens (primary N) is 1. The first-order valence-corrected chi connectivity index (χ1v) is 6.64. The third-order valence-electron chi connectivity index (χ3n) is 3.16. The fourth-order valence-electron chi connectivity index (χ4n) is 2.26. The predicted octanol–water partition coefficient (Wildman–Crippen LogP) is 4.68. The Kier molecular flexibility index (Phi) is 6.20. The molecule has 1 aromatic heterocycles. The van der Waals surface area contributed by atoms with Gasteiger partial charge in [0.1, 0.15) is 16.7 Å². The van der Waals surface area contributed by atoms with Crippen molar-refractivity contribution in [2.45, 2.75) is 13.0 Å². The molecule has 2 N–H and O–H groups in total. The average Bonchev–Trinajstić information content (AvgIpc) is 2.84. The molecule has 7 heteroatoms. The van der Waals surface area contributed by atoms with Gasteiger partial charge in [0, 0.05) is 5.69 Å². The first-order valence-electron chi connectivity index (χ1n) is 6.27. The third-order valence-corrected chi connectivity index (χ3v) is 3.52. The first-order chi connectivity index (χ1) is 9.59. The van der Waals surface area contributed by atoms with Crippen LogP contribution in [0.25, 0.3) is 16.7 Å². The Bertz CT molecular complexity index is 773. The zero-order valence-corrected chi connectivity index (χ0v) is 14.1. The molecule has 0 aliphatic heterocycles. The van der Waals surface area contributed by atoms with Crippen LogP contribution in [0.3, 0.4) is 0 Å². The van der Waals surface area contributed by atoms with E-state index in [0.717, 1.165) is 5.69 Å². The van der Waals surface area contributed by atoms with E-state index in [1.807, 2.05) is 41.8 Å². The lowest BCUT2D eigenvalue weighted by atomic mass is 10.2. The van der Waals surface area contributed by atoms with Crippen LogP contribution in [0.1, 0.15) is 18.8 Å². The van der Waals surface area contributed by atoms with Gasteiger partial charge in [-0.05, 0) is 31.2 Å². The number of rotatable bonds is 2. The van der Waals surface area contributed by atoms with E-state index in [-0.39, 0.29) is 35.9 Å². The summed E-state index contributed by atoms with van der Waals surface area (Å²) in [6, 6.07) is 12.2. The Balaban J connectivity index is 0.00000121. The summed E-state index contributed by atoms with van der Waals surface area (Å²) in [6.07, 6.45) is 0. The Labute approximate surface area is 145 Å². The Hall–Kier alpha value is -1.33. The SMILES string of the molecule is C[C@H](N)c1nc2ccc(F)c(Cl)c2n1-c1ccccc1.Cl.Cl. The molecule has 22 heavy (non-hydrogen) atoms. The zero-order valence-electron chi connectivity index (χ0n) is 11.7. The molecule has 0 spiro atoms. The van der Waals surface area contributed by atoms with Crippen molar-refractivity contribution < 1.29 is 4.39 Å². The quantitative estimate of drug-likeness (QED) is 0.719. The molecule has 1 heterocycles. The highest BCUT2D eigenvalue weighted by molar-refractivity contribution is 6.35. The molecule has 118 valence electrons. The van der Waals surface area contributed by atoms with Gasteiger partial charge in [-0.2, -0.15) is 0 Å². The number of imidazole rings is 1. The topological polar surface area (TPSA) is 43.8 Å². The van der Waals surface area contributed by atoms with Gasteiger partial charge in [0.2, 0.25) is 0 Å².